The summed E-state index contributed by atoms with van der Waals surface area (Å²) in [6, 6.07) is 8.39. The number of fused-ring (bicyclic) bond motifs is 1. The minimum absolute atomic E-state index is 0.0452. The largest absolute Gasteiger partial charge is 0.363 e. The maximum absolute atomic E-state index is 13.0. The first kappa shape index (κ1) is 14.9. The molecular weight excluding hydrogens is 295 g/mol. The van der Waals surface area contributed by atoms with Crippen molar-refractivity contribution in [3.63, 3.8) is 0 Å². The molecule has 0 aliphatic carbocycles. The molecule has 0 amide bonds. The number of nitriles is 1. The third-order valence-corrected chi connectivity index (χ3v) is 3.59. The highest BCUT2D eigenvalue weighted by molar-refractivity contribution is 5.86. The molecule has 0 spiro atoms. The van der Waals surface area contributed by atoms with Gasteiger partial charge >= 0.3 is 0 Å². The second-order valence-electron chi connectivity index (χ2n) is 5.15. The van der Waals surface area contributed by atoms with Crippen LogP contribution < -0.4 is 5.32 Å². The van der Waals surface area contributed by atoms with Crippen molar-refractivity contribution in [1.82, 2.24) is 19.7 Å². The summed E-state index contributed by atoms with van der Waals surface area (Å²) < 4.78 is 14.7. The van der Waals surface area contributed by atoms with E-state index in [0.717, 1.165) is 10.9 Å². The number of halogens is 1. The molecule has 1 N–H and O–H groups in total. The van der Waals surface area contributed by atoms with Gasteiger partial charge in [0.05, 0.1) is 30.6 Å². The third kappa shape index (κ3) is 3.11. The summed E-state index contributed by atoms with van der Waals surface area (Å²) in [6.45, 7) is 2.46. The molecule has 2 aromatic heterocycles. The van der Waals surface area contributed by atoms with Gasteiger partial charge in [0, 0.05) is 6.04 Å². The average molecular weight is 310 g/mol. The molecule has 1 atom stereocenters. The molecule has 0 aliphatic rings. The quantitative estimate of drug-likeness (QED) is 0.783. The van der Waals surface area contributed by atoms with Gasteiger partial charge in [0.2, 0.25) is 0 Å². The van der Waals surface area contributed by atoms with Crippen molar-refractivity contribution in [3.8, 4) is 6.07 Å². The first-order chi connectivity index (χ1) is 11.2. The topological polar surface area (TPSA) is 79.4 Å². The molecule has 0 saturated carbocycles. The second-order valence-corrected chi connectivity index (χ2v) is 5.15. The van der Waals surface area contributed by atoms with Crippen LogP contribution in [0.15, 0.2) is 36.8 Å². The lowest BCUT2D eigenvalue weighted by atomic mass is 10.1. The van der Waals surface area contributed by atoms with Crippen LogP contribution in [0.2, 0.25) is 0 Å². The second kappa shape index (κ2) is 6.40. The highest BCUT2D eigenvalue weighted by atomic mass is 19.1. The van der Waals surface area contributed by atoms with Gasteiger partial charge in [-0.1, -0.05) is 12.1 Å². The van der Waals surface area contributed by atoms with Crippen LogP contribution in [-0.4, -0.2) is 19.7 Å². The van der Waals surface area contributed by atoms with Crippen LogP contribution in [0.4, 0.5) is 10.2 Å². The van der Waals surface area contributed by atoms with E-state index < -0.39 is 0 Å². The van der Waals surface area contributed by atoms with Crippen molar-refractivity contribution in [2.24, 2.45) is 0 Å². The molecule has 0 fully saturated rings. The number of hydrogen-bond donors (Lipinski definition) is 1. The van der Waals surface area contributed by atoms with Gasteiger partial charge in [-0.15, -0.1) is 0 Å². The van der Waals surface area contributed by atoms with Crippen molar-refractivity contribution in [2.75, 3.05) is 5.32 Å². The van der Waals surface area contributed by atoms with E-state index in [1.807, 2.05) is 6.92 Å². The Balaban J connectivity index is 1.86. The van der Waals surface area contributed by atoms with E-state index in [2.05, 4.69) is 26.5 Å². The zero-order valence-corrected chi connectivity index (χ0v) is 12.6. The SMILES string of the molecule is C[C@@H](Nc1ncnc2c1cnn2CCC#N)c1ccc(F)cc1. The van der Waals surface area contributed by atoms with Crippen LogP contribution in [0.3, 0.4) is 0 Å². The van der Waals surface area contributed by atoms with Crippen molar-refractivity contribution < 1.29 is 4.39 Å². The molecule has 2 heterocycles. The Kier molecular flexibility index (Phi) is 4.15. The fraction of sp³-hybridized carbons (Fsp3) is 0.250. The molecular formula is C16H15FN6. The minimum Gasteiger partial charge on any atom is -0.363 e. The summed E-state index contributed by atoms with van der Waals surface area (Å²) in [5.41, 5.74) is 1.64. The molecule has 0 aliphatic heterocycles. The maximum atomic E-state index is 13.0. The van der Waals surface area contributed by atoms with Crippen molar-refractivity contribution in [1.29, 1.82) is 5.26 Å². The normalized spacial score (nSPS) is 12.0. The lowest BCUT2D eigenvalue weighted by Crippen LogP contribution is -2.09. The molecule has 0 unspecified atom stereocenters. The predicted molar refractivity (Wildman–Crippen MR) is 84.0 cm³/mol. The minimum atomic E-state index is -0.260. The summed E-state index contributed by atoms with van der Waals surface area (Å²) in [7, 11) is 0. The van der Waals surface area contributed by atoms with E-state index in [1.54, 1.807) is 23.0 Å². The Bertz CT molecular complexity index is 849. The number of anilines is 1. The Labute approximate surface area is 132 Å². The molecule has 3 rings (SSSR count). The number of aryl methyl sites for hydroxylation is 1. The van der Waals surface area contributed by atoms with Crippen molar-refractivity contribution in [3.05, 3.63) is 48.2 Å². The van der Waals surface area contributed by atoms with Gasteiger partial charge in [-0.05, 0) is 24.6 Å². The molecule has 23 heavy (non-hydrogen) atoms. The Hall–Kier alpha value is -3.01. The molecule has 6 nitrogen and oxygen atoms in total. The predicted octanol–water partition coefficient (Wildman–Crippen LogP) is 3.05. The summed E-state index contributed by atoms with van der Waals surface area (Å²) in [5.74, 6) is 0.402. The van der Waals surface area contributed by atoms with Gasteiger partial charge in [0.1, 0.15) is 18.0 Å². The molecule has 7 heteroatoms. The molecule has 0 bridgehead atoms. The first-order valence-corrected chi connectivity index (χ1v) is 7.24. The molecule has 1 aromatic carbocycles. The fourth-order valence-corrected chi connectivity index (χ4v) is 2.37. The van der Waals surface area contributed by atoms with Gasteiger partial charge in [0.25, 0.3) is 0 Å². The number of hydrogen-bond acceptors (Lipinski definition) is 5. The number of aromatic nitrogens is 4. The van der Waals surface area contributed by atoms with Gasteiger partial charge in [0.15, 0.2) is 5.65 Å². The van der Waals surface area contributed by atoms with Crippen LogP contribution >= 0.6 is 0 Å². The first-order valence-electron chi connectivity index (χ1n) is 7.24. The average Bonchev–Trinajstić information content (AvgIpc) is 2.97. The van der Waals surface area contributed by atoms with E-state index >= 15 is 0 Å². The number of benzene rings is 1. The highest BCUT2D eigenvalue weighted by Gasteiger charge is 2.12. The zero-order valence-electron chi connectivity index (χ0n) is 12.6. The van der Waals surface area contributed by atoms with Gasteiger partial charge in [-0.25, -0.2) is 19.0 Å². The Morgan fingerprint density at radius 3 is 2.83 bits per heavy atom. The molecule has 0 radical (unpaired) electrons. The molecule has 3 aromatic rings. The summed E-state index contributed by atoms with van der Waals surface area (Å²) in [6.07, 6.45) is 3.52. The number of nitrogens with zero attached hydrogens (tertiary/aromatic N) is 5. The summed E-state index contributed by atoms with van der Waals surface area (Å²) in [5, 5.41) is 17.0. The van der Waals surface area contributed by atoms with Crippen LogP contribution in [0, 0.1) is 17.1 Å². The maximum Gasteiger partial charge on any atom is 0.163 e. The van der Waals surface area contributed by atoms with Gasteiger partial charge in [-0.2, -0.15) is 10.4 Å². The van der Waals surface area contributed by atoms with Gasteiger partial charge < -0.3 is 5.32 Å². The van der Waals surface area contributed by atoms with E-state index in [9.17, 15) is 4.39 Å². The third-order valence-electron chi connectivity index (χ3n) is 3.59. The zero-order chi connectivity index (χ0) is 16.2. The smallest absolute Gasteiger partial charge is 0.163 e. The van der Waals surface area contributed by atoms with E-state index in [4.69, 9.17) is 5.26 Å². The van der Waals surface area contributed by atoms with Crippen LogP contribution in [0.25, 0.3) is 11.0 Å². The van der Waals surface area contributed by atoms with Crippen molar-refractivity contribution >= 4 is 16.9 Å². The van der Waals surface area contributed by atoms with Crippen LogP contribution in [0.5, 0.6) is 0 Å². The number of rotatable bonds is 5. The standard InChI is InChI=1S/C16H15FN6/c1-11(12-3-5-13(17)6-4-12)22-15-14-9-21-23(8-2-7-18)16(14)20-10-19-15/h3-6,9-11H,2,8H2,1H3,(H,19,20,22)/t11-/m1/s1. The van der Waals surface area contributed by atoms with Gasteiger partial charge in [-0.3, -0.25) is 0 Å². The summed E-state index contributed by atoms with van der Waals surface area (Å²) >= 11 is 0. The molecule has 0 saturated heterocycles. The van der Waals surface area contributed by atoms with E-state index in [0.29, 0.717) is 24.4 Å². The van der Waals surface area contributed by atoms with E-state index in [1.165, 1.54) is 18.5 Å². The molecule has 116 valence electrons. The Morgan fingerprint density at radius 2 is 2.09 bits per heavy atom. The number of nitrogens with one attached hydrogen (secondary N) is 1. The highest BCUT2D eigenvalue weighted by Crippen LogP contribution is 2.24. The monoisotopic (exact) mass is 310 g/mol. The lowest BCUT2D eigenvalue weighted by Gasteiger charge is -2.15. The Morgan fingerprint density at radius 1 is 1.30 bits per heavy atom. The fourth-order valence-electron chi connectivity index (χ4n) is 2.37. The summed E-state index contributed by atoms with van der Waals surface area (Å²) in [4.78, 5) is 8.51. The van der Waals surface area contributed by atoms with Crippen LogP contribution in [-0.2, 0) is 6.54 Å². The lowest BCUT2D eigenvalue weighted by molar-refractivity contribution is 0.626. The van der Waals surface area contributed by atoms with Crippen LogP contribution in [0.1, 0.15) is 24.9 Å². The van der Waals surface area contributed by atoms with E-state index in [-0.39, 0.29) is 11.9 Å². The van der Waals surface area contributed by atoms with Crippen molar-refractivity contribution in [2.45, 2.75) is 25.9 Å².